The molecule has 1 aromatic rings. The van der Waals surface area contributed by atoms with Crippen LogP contribution in [-0.2, 0) is 0 Å². The standard InChI is InChI=1S/C16H23NO/c18-14-16-11-5-2-6-12-17(16)13-7-10-15-8-3-1-4-9-15/h1,3-4,7-10,16,18H,2,5-6,11-14H2/b10-7+. The number of likely N-dealkylation sites (tertiary alicyclic amines) is 1. The quantitative estimate of drug-likeness (QED) is 0.881. The van der Waals surface area contributed by atoms with E-state index in [1.807, 2.05) is 6.07 Å². The van der Waals surface area contributed by atoms with Crippen LogP contribution in [0.5, 0.6) is 0 Å². The van der Waals surface area contributed by atoms with Crippen LogP contribution in [0.1, 0.15) is 31.2 Å². The fourth-order valence-electron chi connectivity index (χ4n) is 2.57. The van der Waals surface area contributed by atoms with Gasteiger partial charge in [0.25, 0.3) is 0 Å². The van der Waals surface area contributed by atoms with Crippen LogP contribution in [0, 0.1) is 0 Å². The van der Waals surface area contributed by atoms with E-state index in [1.165, 1.54) is 24.8 Å². The molecule has 18 heavy (non-hydrogen) atoms. The summed E-state index contributed by atoms with van der Waals surface area (Å²) < 4.78 is 0. The summed E-state index contributed by atoms with van der Waals surface area (Å²) in [6.07, 6.45) is 9.33. The number of hydrogen-bond donors (Lipinski definition) is 1. The van der Waals surface area contributed by atoms with Crippen molar-refractivity contribution < 1.29 is 5.11 Å². The zero-order valence-corrected chi connectivity index (χ0v) is 11.0. The van der Waals surface area contributed by atoms with Crippen molar-refractivity contribution in [1.82, 2.24) is 4.90 Å². The van der Waals surface area contributed by atoms with Crippen LogP contribution >= 0.6 is 0 Å². The molecule has 0 amide bonds. The Hall–Kier alpha value is -1.12. The molecule has 1 N–H and O–H groups in total. The molecule has 1 aliphatic heterocycles. The molecular weight excluding hydrogens is 222 g/mol. The van der Waals surface area contributed by atoms with E-state index < -0.39 is 0 Å². The van der Waals surface area contributed by atoms with E-state index in [0.29, 0.717) is 12.6 Å². The van der Waals surface area contributed by atoms with Gasteiger partial charge in [-0.15, -0.1) is 0 Å². The molecule has 1 aromatic carbocycles. The highest BCUT2D eigenvalue weighted by atomic mass is 16.3. The minimum absolute atomic E-state index is 0.291. The summed E-state index contributed by atoms with van der Waals surface area (Å²) in [5, 5.41) is 9.44. The molecule has 98 valence electrons. The molecule has 2 heteroatoms. The SMILES string of the molecule is OCC1CCCCCN1C/C=C/c1ccccc1. The van der Waals surface area contributed by atoms with Gasteiger partial charge < -0.3 is 5.11 Å². The molecule has 2 nitrogen and oxygen atoms in total. The first-order chi connectivity index (χ1) is 8.90. The number of hydrogen-bond acceptors (Lipinski definition) is 2. The molecule has 1 fully saturated rings. The molecule has 1 heterocycles. The smallest absolute Gasteiger partial charge is 0.0586 e. The average Bonchev–Trinajstić information content (AvgIpc) is 2.65. The lowest BCUT2D eigenvalue weighted by atomic mass is 10.1. The summed E-state index contributed by atoms with van der Waals surface area (Å²) in [5.74, 6) is 0. The van der Waals surface area contributed by atoms with E-state index >= 15 is 0 Å². The van der Waals surface area contributed by atoms with Crippen LogP contribution in [-0.4, -0.2) is 35.7 Å². The minimum Gasteiger partial charge on any atom is -0.395 e. The van der Waals surface area contributed by atoms with Gasteiger partial charge in [0, 0.05) is 12.6 Å². The van der Waals surface area contributed by atoms with Gasteiger partial charge in [0.2, 0.25) is 0 Å². The van der Waals surface area contributed by atoms with Crippen molar-refractivity contribution in [3.63, 3.8) is 0 Å². The van der Waals surface area contributed by atoms with Gasteiger partial charge in [-0.05, 0) is 24.9 Å². The molecule has 1 aliphatic rings. The summed E-state index contributed by atoms with van der Waals surface area (Å²) in [5.41, 5.74) is 1.24. The molecule has 2 rings (SSSR count). The zero-order chi connectivity index (χ0) is 12.6. The normalized spacial score (nSPS) is 22.2. The van der Waals surface area contributed by atoms with Crippen molar-refractivity contribution in [1.29, 1.82) is 0 Å². The first-order valence-electron chi connectivity index (χ1n) is 6.96. The highest BCUT2D eigenvalue weighted by Gasteiger charge is 2.18. The lowest BCUT2D eigenvalue weighted by Crippen LogP contribution is -2.37. The molecule has 0 bridgehead atoms. The van der Waals surface area contributed by atoms with E-state index in [-0.39, 0.29) is 0 Å². The van der Waals surface area contributed by atoms with Gasteiger partial charge in [0.05, 0.1) is 6.61 Å². The van der Waals surface area contributed by atoms with Gasteiger partial charge in [-0.1, -0.05) is 55.3 Å². The third-order valence-corrected chi connectivity index (χ3v) is 3.66. The Labute approximate surface area is 110 Å². The van der Waals surface area contributed by atoms with Crippen molar-refractivity contribution in [2.24, 2.45) is 0 Å². The van der Waals surface area contributed by atoms with Crippen LogP contribution in [0.25, 0.3) is 6.08 Å². The van der Waals surface area contributed by atoms with E-state index in [2.05, 4.69) is 41.3 Å². The van der Waals surface area contributed by atoms with Crippen LogP contribution in [0.4, 0.5) is 0 Å². The second-order valence-electron chi connectivity index (χ2n) is 4.99. The van der Waals surface area contributed by atoms with Crippen LogP contribution in [0.3, 0.4) is 0 Å². The maximum Gasteiger partial charge on any atom is 0.0586 e. The number of nitrogens with zero attached hydrogens (tertiary/aromatic N) is 1. The molecule has 0 radical (unpaired) electrons. The van der Waals surface area contributed by atoms with Crippen molar-refractivity contribution >= 4 is 6.08 Å². The molecule has 0 saturated carbocycles. The molecule has 0 aromatic heterocycles. The topological polar surface area (TPSA) is 23.5 Å². The van der Waals surface area contributed by atoms with Crippen LogP contribution in [0.15, 0.2) is 36.4 Å². The number of aliphatic hydroxyl groups is 1. The van der Waals surface area contributed by atoms with E-state index in [9.17, 15) is 5.11 Å². The summed E-state index contributed by atoms with van der Waals surface area (Å²) in [7, 11) is 0. The first kappa shape index (κ1) is 13.3. The van der Waals surface area contributed by atoms with E-state index in [4.69, 9.17) is 0 Å². The van der Waals surface area contributed by atoms with E-state index in [1.54, 1.807) is 0 Å². The molecular formula is C16H23NO. The second kappa shape index (κ2) is 7.34. The Balaban J connectivity index is 1.89. The Morgan fingerprint density at radius 3 is 2.78 bits per heavy atom. The first-order valence-corrected chi connectivity index (χ1v) is 6.96. The molecule has 0 aliphatic carbocycles. The monoisotopic (exact) mass is 245 g/mol. The maximum absolute atomic E-state index is 9.44. The summed E-state index contributed by atoms with van der Waals surface area (Å²) >= 11 is 0. The zero-order valence-electron chi connectivity index (χ0n) is 11.0. The summed E-state index contributed by atoms with van der Waals surface area (Å²) in [6, 6.07) is 10.7. The van der Waals surface area contributed by atoms with Crippen molar-refractivity contribution in [3.8, 4) is 0 Å². The lowest BCUT2D eigenvalue weighted by Gasteiger charge is -2.27. The number of rotatable bonds is 4. The Bertz CT molecular complexity index is 361. The van der Waals surface area contributed by atoms with Gasteiger partial charge in [0.1, 0.15) is 0 Å². The Morgan fingerprint density at radius 2 is 2.00 bits per heavy atom. The molecule has 1 unspecified atom stereocenters. The maximum atomic E-state index is 9.44. The summed E-state index contributed by atoms with van der Waals surface area (Å²) in [4.78, 5) is 2.41. The van der Waals surface area contributed by atoms with Crippen molar-refractivity contribution in [3.05, 3.63) is 42.0 Å². The lowest BCUT2D eigenvalue weighted by molar-refractivity contribution is 0.136. The van der Waals surface area contributed by atoms with Crippen molar-refractivity contribution in [2.75, 3.05) is 19.7 Å². The predicted molar refractivity (Wildman–Crippen MR) is 76.4 cm³/mol. The van der Waals surface area contributed by atoms with Gasteiger partial charge in [-0.2, -0.15) is 0 Å². The van der Waals surface area contributed by atoms with E-state index in [0.717, 1.165) is 19.5 Å². The largest absolute Gasteiger partial charge is 0.395 e. The van der Waals surface area contributed by atoms with Crippen molar-refractivity contribution in [2.45, 2.75) is 31.7 Å². The van der Waals surface area contributed by atoms with Gasteiger partial charge >= 0.3 is 0 Å². The van der Waals surface area contributed by atoms with Crippen LogP contribution < -0.4 is 0 Å². The third kappa shape index (κ3) is 3.97. The molecule has 1 atom stereocenters. The number of aliphatic hydroxyl groups excluding tert-OH is 1. The van der Waals surface area contributed by atoms with Gasteiger partial charge in [0.15, 0.2) is 0 Å². The predicted octanol–water partition coefficient (Wildman–Crippen LogP) is 2.94. The second-order valence-corrected chi connectivity index (χ2v) is 4.99. The third-order valence-electron chi connectivity index (χ3n) is 3.66. The highest BCUT2D eigenvalue weighted by Crippen LogP contribution is 2.16. The van der Waals surface area contributed by atoms with Gasteiger partial charge in [-0.3, -0.25) is 4.90 Å². The molecule has 1 saturated heterocycles. The highest BCUT2D eigenvalue weighted by molar-refractivity contribution is 5.48. The van der Waals surface area contributed by atoms with Crippen LogP contribution in [0.2, 0.25) is 0 Å². The minimum atomic E-state index is 0.291. The van der Waals surface area contributed by atoms with Gasteiger partial charge in [-0.25, -0.2) is 0 Å². The Kier molecular flexibility index (Phi) is 5.43. The molecule has 0 spiro atoms. The fourth-order valence-corrected chi connectivity index (χ4v) is 2.57. The number of benzene rings is 1. The average molecular weight is 245 g/mol. The summed E-state index contributed by atoms with van der Waals surface area (Å²) in [6.45, 7) is 2.35. The fraction of sp³-hybridized carbons (Fsp3) is 0.500. The Morgan fingerprint density at radius 1 is 1.17 bits per heavy atom.